The third-order valence-corrected chi connectivity index (χ3v) is 5.58. The highest BCUT2D eigenvalue weighted by atomic mass is 32.2. The predicted molar refractivity (Wildman–Crippen MR) is 125 cm³/mol. The molecule has 2 aromatic rings. The number of fused-ring (bicyclic) bond motifs is 1. The molecule has 3 atom stereocenters. The van der Waals surface area contributed by atoms with Crippen LogP contribution >= 0.6 is 11.8 Å². The van der Waals surface area contributed by atoms with Crippen molar-refractivity contribution in [3.8, 4) is 0 Å². The van der Waals surface area contributed by atoms with Crippen LogP contribution in [0.15, 0.2) is 30.5 Å². The van der Waals surface area contributed by atoms with E-state index in [4.69, 9.17) is 10.8 Å². The van der Waals surface area contributed by atoms with Gasteiger partial charge in [0, 0.05) is 23.5 Å². The quantitative estimate of drug-likeness (QED) is 0.190. The number of nitrogens with two attached hydrogens (primary N) is 1. The molecule has 0 fully saturated rings. The molecule has 1 aromatic heterocycles. The lowest BCUT2D eigenvalue weighted by Crippen LogP contribution is -2.55. The van der Waals surface area contributed by atoms with Crippen LogP contribution in [-0.2, 0) is 25.6 Å². The topological polar surface area (TPSA) is 187 Å². The molecule has 8 N–H and O–H groups in total. The van der Waals surface area contributed by atoms with Crippen molar-refractivity contribution < 1.29 is 29.4 Å². The molecular weight excluding hydrogens is 450 g/mol. The second-order valence-corrected chi connectivity index (χ2v) is 8.36. The number of carboxylic acid groups (broad SMARTS) is 1. The first-order chi connectivity index (χ1) is 15.8. The van der Waals surface area contributed by atoms with Gasteiger partial charge in [-0.15, -0.1) is 0 Å². The normalized spacial score (nSPS) is 13.7. The summed E-state index contributed by atoms with van der Waals surface area (Å²) >= 11 is 1.55. The van der Waals surface area contributed by atoms with Crippen molar-refractivity contribution in [3.05, 3.63) is 36.0 Å². The monoisotopic (exact) mass is 479 g/mol. The van der Waals surface area contributed by atoms with E-state index in [0.29, 0.717) is 12.2 Å². The molecule has 0 saturated heterocycles. The number of rotatable bonds is 13. The zero-order valence-corrected chi connectivity index (χ0v) is 19.0. The van der Waals surface area contributed by atoms with Gasteiger partial charge >= 0.3 is 5.97 Å². The van der Waals surface area contributed by atoms with Crippen molar-refractivity contribution in [1.82, 2.24) is 20.9 Å². The summed E-state index contributed by atoms with van der Waals surface area (Å²) in [6.45, 7) is -1.20. The molecule has 11 nitrogen and oxygen atoms in total. The number of nitrogens with one attached hydrogen (secondary N) is 4. The van der Waals surface area contributed by atoms with Crippen LogP contribution in [0.4, 0.5) is 0 Å². The second-order valence-electron chi connectivity index (χ2n) is 7.37. The maximum absolute atomic E-state index is 12.8. The Kier molecular flexibility index (Phi) is 10.2. The molecule has 0 spiro atoms. The molecule has 3 unspecified atom stereocenters. The van der Waals surface area contributed by atoms with Crippen LogP contribution in [0.25, 0.3) is 10.9 Å². The van der Waals surface area contributed by atoms with Gasteiger partial charge in [0.2, 0.25) is 17.7 Å². The molecule has 12 heteroatoms. The number of benzene rings is 1. The minimum Gasteiger partial charge on any atom is -0.480 e. The Morgan fingerprint density at radius 1 is 1.12 bits per heavy atom. The standard InChI is InChI=1S/C21H29N5O6S/c1-33-7-6-14(22)19(29)24-10-18(28)25-16(20(30)26-17(11-27)21(31)32)8-12-9-23-15-5-3-2-4-13(12)15/h2-5,9,14,16-17,23,27H,6-8,10-11,22H2,1H3,(H,24,29)(H,25,28)(H,26,30)(H,31,32). The average molecular weight is 480 g/mol. The van der Waals surface area contributed by atoms with Gasteiger partial charge in [-0.25, -0.2) is 4.79 Å². The molecule has 0 saturated carbocycles. The number of hydrogen-bond acceptors (Lipinski definition) is 7. The summed E-state index contributed by atoms with van der Waals surface area (Å²) in [4.78, 5) is 51.5. The van der Waals surface area contributed by atoms with Crippen molar-refractivity contribution in [2.45, 2.75) is 31.0 Å². The lowest BCUT2D eigenvalue weighted by molar-refractivity contribution is -0.143. The lowest BCUT2D eigenvalue weighted by Gasteiger charge is -2.21. The molecule has 1 heterocycles. The molecule has 3 amide bonds. The first-order valence-electron chi connectivity index (χ1n) is 10.3. The fraction of sp³-hybridized carbons (Fsp3) is 0.429. The molecule has 1 aromatic carbocycles. The summed E-state index contributed by atoms with van der Waals surface area (Å²) in [5, 5.41) is 26.4. The van der Waals surface area contributed by atoms with E-state index in [1.165, 1.54) is 0 Å². The first-order valence-corrected chi connectivity index (χ1v) is 11.7. The van der Waals surface area contributed by atoms with Gasteiger partial charge < -0.3 is 36.9 Å². The summed E-state index contributed by atoms with van der Waals surface area (Å²) in [6.07, 6.45) is 4.10. The van der Waals surface area contributed by atoms with Crippen molar-refractivity contribution in [2.24, 2.45) is 5.73 Å². The van der Waals surface area contributed by atoms with Gasteiger partial charge in [0.15, 0.2) is 0 Å². The number of H-pyrrole nitrogens is 1. The number of carboxylic acids is 1. The molecule has 0 aliphatic heterocycles. The zero-order chi connectivity index (χ0) is 24.4. The van der Waals surface area contributed by atoms with Gasteiger partial charge in [-0.2, -0.15) is 11.8 Å². The predicted octanol–water partition coefficient (Wildman–Crippen LogP) is -1.05. The van der Waals surface area contributed by atoms with Crippen molar-refractivity contribution in [1.29, 1.82) is 0 Å². The maximum Gasteiger partial charge on any atom is 0.328 e. The third-order valence-electron chi connectivity index (χ3n) is 4.94. The van der Waals surface area contributed by atoms with Crippen LogP contribution in [0.1, 0.15) is 12.0 Å². The van der Waals surface area contributed by atoms with Crippen LogP contribution in [0.5, 0.6) is 0 Å². The summed E-state index contributed by atoms with van der Waals surface area (Å²) < 4.78 is 0. The van der Waals surface area contributed by atoms with Crippen LogP contribution in [0.2, 0.25) is 0 Å². The fourth-order valence-electron chi connectivity index (χ4n) is 3.11. The number of aromatic nitrogens is 1. The zero-order valence-electron chi connectivity index (χ0n) is 18.2. The number of aliphatic hydroxyl groups is 1. The smallest absolute Gasteiger partial charge is 0.328 e. The summed E-state index contributed by atoms with van der Waals surface area (Å²) in [5.41, 5.74) is 7.34. The number of hydrogen-bond donors (Lipinski definition) is 7. The number of aromatic amines is 1. The largest absolute Gasteiger partial charge is 0.480 e. The van der Waals surface area contributed by atoms with Gasteiger partial charge in [-0.1, -0.05) is 18.2 Å². The first kappa shape index (κ1) is 26.2. The minimum atomic E-state index is -1.52. The Balaban J connectivity index is 2.09. The third kappa shape index (κ3) is 7.77. The molecule has 180 valence electrons. The summed E-state index contributed by atoms with van der Waals surface area (Å²) in [7, 11) is 0. The van der Waals surface area contributed by atoms with Crippen molar-refractivity contribution in [3.63, 3.8) is 0 Å². The van der Waals surface area contributed by atoms with E-state index in [-0.39, 0.29) is 6.42 Å². The SMILES string of the molecule is CSCCC(N)C(=O)NCC(=O)NC(Cc1c[nH]c2ccccc12)C(=O)NC(CO)C(=O)O. The van der Waals surface area contributed by atoms with Crippen LogP contribution in [0.3, 0.4) is 0 Å². The summed E-state index contributed by atoms with van der Waals surface area (Å²) in [5.74, 6) is -2.62. The Morgan fingerprint density at radius 3 is 2.52 bits per heavy atom. The number of para-hydroxylation sites is 1. The van der Waals surface area contributed by atoms with E-state index in [9.17, 15) is 24.3 Å². The molecule has 0 aliphatic rings. The van der Waals surface area contributed by atoms with E-state index >= 15 is 0 Å². The van der Waals surface area contributed by atoms with Gasteiger partial charge in [0.1, 0.15) is 12.1 Å². The highest BCUT2D eigenvalue weighted by Crippen LogP contribution is 2.19. The van der Waals surface area contributed by atoms with E-state index in [1.54, 1.807) is 18.0 Å². The highest BCUT2D eigenvalue weighted by Gasteiger charge is 2.27. The number of aliphatic carboxylic acids is 1. The van der Waals surface area contributed by atoms with Gasteiger partial charge in [-0.05, 0) is 30.1 Å². The lowest BCUT2D eigenvalue weighted by atomic mass is 10.0. The van der Waals surface area contributed by atoms with E-state index in [2.05, 4.69) is 20.9 Å². The minimum absolute atomic E-state index is 0.0561. The molecule has 0 radical (unpaired) electrons. The molecule has 0 bridgehead atoms. The van der Waals surface area contributed by atoms with Crippen molar-refractivity contribution in [2.75, 3.05) is 25.2 Å². The van der Waals surface area contributed by atoms with Gasteiger partial charge in [0.25, 0.3) is 0 Å². The molecular formula is C21H29N5O6S. The van der Waals surface area contributed by atoms with E-state index < -0.39 is 55.0 Å². The summed E-state index contributed by atoms with van der Waals surface area (Å²) in [6, 6.07) is 3.96. The maximum atomic E-state index is 12.8. The molecule has 33 heavy (non-hydrogen) atoms. The fourth-order valence-corrected chi connectivity index (χ4v) is 3.60. The van der Waals surface area contributed by atoms with Crippen molar-refractivity contribution >= 4 is 46.4 Å². The van der Waals surface area contributed by atoms with Crippen LogP contribution in [-0.4, -0.2) is 82.2 Å². The van der Waals surface area contributed by atoms with Gasteiger partial charge in [0.05, 0.1) is 19.2 Å². The molecule has 0 aliphatic carbocycles. The second kappa shape index (κ2) is 12.8. The number of carbonyl (C=O) groups is 4. The number of carbonyl (C=O) groups excluding carboxylic acids is 3. The average Bonchev–Trinajstić information content (AvgIpc) is 3.21. The number of amides is 3. The Bertz CT molecular complexity index is 981. The van der Waals surface area contributed by atoms with E-state index in [1.807, 2.05) is 30.5 Å². The Morgan fingerprint density at radius 2 is 1.85 bits per heavy atom. The molecule has 2 rings (SSSR count). The van der Waals surface area contributed by atoms with Crippen LogP contribution < -0.4 is 21.7 Å². The van der Waals surface area contributed by atoms with E-state index in [0.717, 1.165) is 16.5 Å². The van der Waals surface area contributed by atoms with Crippen LogP contribution in [0, 0.1) is 0 Å². The van der Waals surface area contributed by atoms with Gasteiger partial charge in [-0.3, -0.25) is 14.4 Å². The highest BCUT2D eigenvalue weighted by molar-refractivity contribution is 7.98. The Hall–Kier alpha value is -3.09. The number of aliphatic hydroxyl groups excluding tert-OH is 1. The Labute approximate surface area is 194 Å². The number of thioether (sulfide) groups is 1.